The third-order valence-corrected chi connectivity index (χ3v) is 4.18. The van der Waals surface area contributed by atoms with Crippen molar-refractivity contribution >= 4 is 15.9 Å². The first kappa shape index (κ1) is 15.6. The minimum absolute atomic E-state index is 0.276. The summed E-state index contributed by atoms with van der Waals surface area (Å²) in [6.45, 7) is 7.01. The van der Waals surface area contributed by atoms with Crippen LogP contribution in [-0.2, 0) is 11.3 Å². The van der Waals surface area contributed by atoms with E-state index in [9.17, 15) is 0 Å². The Kier molecular flexibility index (Phi) is 5.29. The summed E-state index contributed by atoms with van der Waals surface area (Å²) < 4.78 is 17.5. The van der Waals surface area contributed by atoms with E-state index < -0.39 is 0 Å². The highest BCUT2D eigenvalue weighted by Crippen LogP contribution is 2.34. The molecule has 1 aliphatic rings. The lowest BCUT2D eigenvalue weighted by molar-refractivity contribution is -0.0705. The number of methoxy groups -OCH3 is 2. The van der Waals surface area contributed by atoms with Crippen LogP contribution in [0, 0.1) is 0 Å². The van der Waals surface area contributed by atoms with Crippen LogP contribution in [-0.4, -0.2) is 44.4 Å². The van der Waals surface area contributed by atoms with E-state index in [1.807, 2.05) is 12.1 Å². The Labute approximate surface area is 129 Å². The number of nitrogens with zero attached hydrogens (tertiary/aromatic N) is 1. The van der Waals surface area contributed by atoms with E-state index >= 15 is 0 Å². The van der Waals surface area contributed by atoms with Crippen LogP contribution in [0.5, 0.6) is 11.5 Å². The summed E-state index contributed by atoms with van der Waals surface area (Å²) in [7, 11) is 3.31. The topological polar surface area (TPSA) is 30.9 Å². The first-order valence-corrected chi connectivity index (χ1v) is 7.61. The predicted molar refractivity (Wildman–Crippen MR) is 82.5 cm³/mol. The molecule has 0 aliphatic carbocycles. The highest BCUT2D eigenvalue weighted by Gasteiger charge is 2.23. The number of morpholine rings is 1. The van der Waals surface area contributed by atoms with Crippen LogP contribution in [0.15, 0.2) is 16.6 Å². The Hall–Kier alpha value is -0.780. The maximum Gasteiger partial charge on any atom is 0.161 e. The third kappa shape index (κ3) is 3.65. The van der Waals surface area contributed by atoms with Crippen molar-refractivity contribution in [3.05, 3.63) is 22.2 Å². The van der Waals surface area contributed by atoms with E-state index in [4.69, 9.17) is 14.2 Å². The van der Waals surface area contributed by atoms with Gasteiger partial charge in [0.1, 0.15) is 0 Å². The molecule has 20 heavy (non-hydrogen) atoms. The molecule has 0 bridgehead atoms. The molecule has 112 valence electrons. The highest BCUT2D eigenvalue weighted by atomic mass is 79.9. The van der Waals surface area contributed by atoms with Crippen LogP contribution in [0.3, 0.4) is 0 Å². The molecule has 1 aliphatic heterocycles. The predicted octanol–water partition coefficient (Wildman–Crippen LogP) is 3.08. The van der Waals surface area contributed by atoms with E-state index in [1.165, 1.54) is 5.56 Å². The Morgan fingerprint density at radius 1 is 1.15 bits per heavy atom. The normalized spacial score (nSPS) is 23.6. The molecule has 0 unspecified atom stereocenters. The van der Waals surface area contributed by atoms with Crippen molar-refractivity contribution in [1.82, 2.24) is 4.90 Å². The average Bonchev–Trinajstić information content (AvgIpc) is 2.39. The lowest BCUT2D eigenvalue weighted by Gasteiger charge is -2.35. The number of rotatable bonds is 4. The van der Waals surface area contributed by atoms with Gasteiger partial charge in [-0.05, 0) is 31.5 Å². The van der Waals surface area contributed by atoms with Crippen LogP contribution >= 0.6 is 15.9 Å². The minimum Gasteiger partial charge on any atom is -0.493 e. The molecule has 4 nitrogen and oxygen atoms in total. The van der Waals surface area contributed by atoms with E-state index in [0.29, 0.717) is 0 Å². The number of halogens is 1. The van der Waals surface area contributed by atoms with Crippen molar-refractivity contribution < 1.29 is 14.2 Å². The summed E-state index contributed by atoms with van der Waals surface area (Å²) in [5.41, 5.74) is 1.20. The standard InChI is InChI=1S/C15H22BrNO3/c1-10-7-17(8-11(2)20-10)9-12-5-14(18-3)15(19-4)6-13(12)16/h5-6,10-11H,7-9H2,1-4H3/t10-,11-/m0/s1. The Bertz CT molecular complexity index is 457. The van der Waals surface area contributed by atoms with E-state index in [1.54, 1.807) is 14.2 Å². The van der Waals surface area contributed by atoms with Crippen LogP contribution < -0.4 is 9.47 Å². The van der Waals surface area contributed by atoms with E-state index in [0.717, 1.165) is 35.6 Å². The molecule has 0 radical (unpaired) electrons. The number of hydrogen-bond acceptors (Lipinski definition) is 4. The molecule has 0 aromatic heterocycles. The number of benzene rings is 1. The van der Waals surface area contributed by atoms with Gasteiger partial charge in [-0.1, -0.05) is 15.9 Å². The number of hydrogen-bond donors (Lipinski definition) is 0. The summed E-state index contributed by atoms with van der Waals surface area (Å²) in [5.74, 6) is 1.51. The minimum atomic E-state index is 0.276. The zero-order valence-corrected chi connectivity index (χ0v) is 14.1. The first-order valence-electron chi connectivity index (χ1n) is 6.81. The van der Waals surface area contributed by atoms with Gasteiger partial charge in [-0.3, -0.25) is 4.90 Å². The average molecular weight is 344 g/mol. The highest BCUT2D eigenvalue weighted by molar-refractivity contribution is 9.10. The molecule has 5 heteroatoms. The van der Waals surface area contributed by atoms with Gasteiger partial charge in [-0.25, -0.2) is 0 Å². The van der Waals surface area contributed by atoms with Gasteiger partial charge in [0.15, 0.2) is 11.5 Å². The Morgan fingerprint density at radius 3 is 2.25 bits per heavy atom. The van der Waals surface area contributed by atoms with Gasteiger partial charge in [0, 0.05) is 24.1 Å². The van der Waals surface area contributed by atoms with Crippen molar-refractivity contribution in [3.8, 4) is 11.5 Å². The van der Waals surface area contributed by atoms with Crippen LogP contribution in [0.4, 0.5) is 0 Å². The molecule has 1 heterocycles. The maximum atomic E-state index is 5.77. The van der Waals surface area contributed by atoms with Crippen molar-refractivity contribution in [1.29, 1.82) is 0 Å². The van der Waals surface area contributed by atoms with Gasteiger partial charge in [-0.15, -0.1) is 0 Å². The second kappa shape index (κ2) is 6.78. The second-order valence-corrected chi connectivity index (χ2v) is 6.10. The maximum absolute atomic E-state index is 5.77. The largest absolute Gasteiger partial charge is 0.493 e. The summed E-state index contributed by atoms with van der Waals surface area (Å²) in [6, 6.07) is 4.00. The lowest BCUT2D eigenvalue weighted by Crippen LogP contribution is -2.44. The van der Waals surface area contributed by atoms with Crippen LogP contribution in [0.2, 0.25) is 0 Å². The van der Waals surface area contributed by atoms with Crippen LogP contribution in [0.25, 0.3) is 0 Å². The number of ether oxygens (including phenoxy) is 3. The quantitative estimate of drug-likeness (QED) is 0.840. The van der Waals surface area contributed by atoms with E-state index in [2.05, 4.69) is 34.7 Å². The van der Waals surface area contributed by atoms with Gasteiger partial charge in [0.25, 0.3) is 0 Å². The van der Waals surface area contributed by atoms with Gasteiger partial charge < -0.3 is 14.2 Å². The Balaban J connectivity index is 2.16. The monoisotopic (exact) mass is 343 g/mol. The van der Waals surface area contributed by atoms with E-state index in [-0.39, 0.29) is 12.2 Å². The molecule has 1 aromatic carbocycles. The molecule has 0 amide bonds. The molecular weight excluding hydrogens is 322 g/mol. The summed E-state index contributed by atoms with van der Waals surface area (Å²) in [4.78, 5) is 2.41. The molecule has 1 aromatic rings. The van der Waals surface area contributed by atoms with Crippen molar-refractivity contribution in [2.24, 2.45) is 0 Å². The fourth-order valence-corrected chi connectivity index (χ4v) is 3.12. The fourth-order valence-electron chi connectivity index (χ4n) is 2.67. The molecule has 1 saturated heterocycles. The smallest absolute Gasteiger partial charge is 0.161 e. The zero-order valence-electron chi connectivity index (χ0n) is 12.5. The SMILES string of the molecule is COc1cc(Br)c(CN2C[C@H](C)O[C@@H](C)C2)cc1OC. The second-order valence-electron chi connectivity index (χ2n) is 5.25. The summed E-state index contributed by atoms with van der Waals surface area (Å²) >= 11 is 3.61. The van der Waals surface area contributed by atoms with Crippen LogP contribution in [0.1, 0.15) is 19.4 Å². The third-order valence-electron chi connectivity index (χ3n) is 3.44. The molecule has 1 fully saturated rings. The molecule has 0 N–H and O–H groups in total. The molecule has 0 spiro atoms. The fraction of sp³-hybridized carbons (Fsp3) is 0.600. The molecule has 2 atom stereocenters. The van der Waals surface area contributed by atoms with Gasteiger partial charge in [0.05, 0.1) is 26.4 Å². The van der Waals surface area contributed by atoms with Crippen molar-refractivity contribution in [2.75, 3.05) is 27.3 Å². The van der Waals surface area contributed by atoms with Crippen molar-refractivity contribution in [2.45, 2.75) is 32.6 Å². The summed E-state index contributed by atoms with van der Waals surface area (Å²) in [6.07, 6.45) is 0.551. The summed E-state index contributed by atoms with van der Waals surface area (Å²) in [5, 5.41) is 0. The van der Waals surface area contributed by atoms with Gasteiger partial charge in [0.2, 0.25) is 0 Å². The van der Waals surface area contributed by atoms with Gasteiger partial charge in [-0.2, -0.15) is 0 Å². The first-order chi connectivity index (χ1) is 9.53. The molecule has 0 saturated carbocycles. The van der Waals surface area contributed by atoms with Crippen molar-refractivity contribution in [3.63, 3.8) is 0 Å². The van der Waals surface area contributed by atoms with Gasteiger partial charge >= 0.3 is 0 Å². The zero-order chi connectivity index (χ0) is 14.7. The Morgan fingerprint density at radius 2 is 1.70 bits per heavy atom. The molecule has 2 rings (SSSR count). The molecular formula is C15H22BrNO3. The lowest BCUT2D eigenvalue weighted by atomic mass is 10.1.